The SMILES string of the molecule is CC1(C)c2ccccc2-c2ccc(Nc3cc(-c4ccccc4)cc(-c4ccccc4)c3F)cc21. The molecule has 0 bridgehead atoms. The highest BCUT2D eigenvalue weighted by Gasteiger charge is 2.35. The molecule has 0 fully saturated rings. The Bertz CT molecular complexity index is 1540. The average Bonchev–Trinajstić information content (AvgIpc) is 3.13. The maximum atomic E-state index is 15.9. The first-order valence-corrected chi connectivity index (χ1v) is 12.0. The van der Waals surface area contributed by atoms with Gasteiger partial charge in [0, 0.05) is 16.7 Å². The molecule has 170 valence electrons. The van der Waals surface area contributed by atoms with Crippen LogP contribution < -0.4 is 5.32 Å². The first-order valence-electron chi connectivity index (χ1n) is 12.0. The molecule has 35 heavy (non-hydrogen) atoms. The van der Waals surface area contributed by atoms with Crippen LogP contribution in [0.25, 0.3) is 33.4 Å². The summed E-state index contributed by atoms with van der Waals surface area (Å²) < 4.78 is 15.9. The maximum absolute atomic E-state index is 15.9. The Morgan fingerprint density at radius 2 is 1.17 bits per heavy atom. The van der Waals surface area contributed by atoms with Crippen LogP contribution in [0.2, 0.25) is 0 Å². The lowest BCUT2D eigenvalue weighted by molar-refractivity contribution is 0.635. The van der Waals surface area contributed by atoms with Gasteiger partial charge in [0.1, 0.15) is 0 Å². The van der Waals surface area contributed by atoms with Crippen molar-refractivity contribution in [2.45, 2.75) is 19.3 Å². The van der Waals surface area contributed by atoms with Crippen molar-refractivity contribution in [3.63, 3.8) is 0 Å². The fourth-order valence-electron chi connectivity index (χ4n) is 5.28. The van der Waals surface area contributed by atoms with E-state index < -0.39 is 0 Å². The van der Waals surface area contributed by atoms with Crippen molar-refractivity contribution < 1.29 is 4.39 Å². The van der Waals surface area contributed by atoms with E-state index in [4.69, 9.17) is 0 Å². The highest BCUT2D eigenvalue weighted by molar-refractivity contribution is 5.84. The lowest BCUT2D eigenvalue weighted by atomic mass is 9.82. The molecule has 2 heteroatoms. The van der Waals surface area contributed by atoms with E-state index >= 15 is 4.39 Å². The largest absolute Gasteiger partial charge is 0.353 e. The van der Waals surface area contributed by atoms with Gasteiger partial charge in [0.2, 0.25) is 0 Å². The third-order valence-electron chi connectivity index (χ3n) is 7.13. The maximum Gasteiger partial charge on any atom is 0.154 e. The van der Waals surface area contributed by atoms with E-state index in [1.807, 2.05) is 66.7 Å². The smallest absolute Gasteiger partial charge is 0.154 e. The molecule has 5 aromatic rings. The van der Waals surface area contributed by atoms with Crippen molar-refractivity contribution in [1.29, 1.82) is 0 Å². The predicted octanol–water partition coefficient (Wildman–Crippen LogP) is 9.21. The number of rotatable bonds is 4. The van der Waals surface area contributed by atoms with Crippen molar-refractivity contribution in [3.05, 3.63) is 132 Å². The van der Waals surface area contributed by atoms with E-state index in [0.717, 1.165) is 22.4 Å². The molecule has 0 atom stereocenters. The highest BCUT2D eigenvalue weighted by Crippen LogP contribution is 2.49. The summed E-state index contributed by atoms with van der Waals surface area (Å²) >= 11 is 0. The zero-order valence-electron chi connectivity index (χ0n) is 19.8. The van der Waals surface area contributed by atoms with Crippen LogP contribution in [0, 0.1) is 5.82 Å². The minimum atomic E-state index is -0.251. The summed E-state index contributed by atoms with van der Waals surface area (Å²) in [6.45, 7) is 4.51. The summed E-state index contributed by atoms with van der Waals surface area (Å²) in [5.74, 6) is -0.251. The van der Waals surface area contributed by atoms with Gasteiger partial charge < -0.3 is 5.32 Å². The number of hydrogen-bond acceptors (Lipinski definition) is 1. The molecule has 0 heterocycles. The molecule has 0 amide bonds. The zero-order valence-corrected chi connectivity index (χ0v) is 19.8. The Hall–Kier alpha value is -4.17. The molecular formula is C33H26FN. The number of anilines is 2. The summed E-state index contributed by atoms with van der Waals surface area (Å²) in [6.07, 6.45) is 0. The third-order valence-corrected chi connectivity index (χ3v) is 7.13. The second-order valence-corrected chi connectivity index (χ2v) is 9.67. The molecule has 5 aromatic carbocycles. The summed E-state index contributed by atoms with van der Waals surface area (Å²) in [5.41, 5.74) is 9.83. The number of hydrogen-bond donors (Lipinski definition) is 1. The fourth-order valence-corrected chi connectivity index (χ4v) is 5.28. The molecule has 0 saturated heterocycles. The van der Waals surface area contributed by atoms with Crippen LogP contribution in [-0.2, 0) is 5.41 Å². The summed E-state index contributed by atoms with van der Waals surface area (Å²) in [6, 6.07) is 38.7. The average molecular weight is 456 g/mol. The summed E-state index contributed by atoms with van der Waals surface area (Å²) in [4.78, 5) is 0. The second kappa shape index (κ2) is 8.25. The van der Waals surface area contributed by atoms with Gasteiger partial charge in [-0.1, -0.05) is 105 Å². The second-order valence-electron chi connectivity index (χ2n) is 9.67. The van der Waals surface area contributed by atoms with Crippen molar-refractivity contribution in [2.75, 3.05) is 5.32 Å². The first kappa shape index (κ1) is 21.4. The van der Waals surface area contributed by atoms with Gasteiger partial charge in [0.25, 0.3) is 0 Å². The highest BCUT2D eigenvalue weighted by atomic mass is 19.1. The normalized spacial score (nSPS) is 13.2. The van der Waals surface area contributed by atoms with Gasteiger partial charge in [-0.05, 0) is 63.2 Å². The molecular weight excluding hydrogens is 429 g/mol. The third kappa shape index (κ3) is 3.63. The van der Waals surface area contributed by atoms with E-state index in [1.165, 1.54) is 22.3 Å². The number of halogens is 1. The standard InChI is InChI=1S/C33H26FN/c1-33(2)29-16-10-9-15-26(29)27-18-17-25(21-30(27)33)35-31-20-24(22-11-5-3-6-12-22)19-28(32(31)34)23-13-7-4-8-14-23/h3-21,35H,1-2H3. The van der Waals surface area contributed by atoms with Gasteiger partial charge >= 0.3 is 0 Å². The van der Waals surface area contributed by atoms with Gasteiger partial charge in [-0.2, -0.15) is 0 Å². The molecule has 1 aliphatic carbocycles. The van der Waals surface area contributed by atoms with Crippen LogP contribution in [0.1, 0.15) is 25.0 Å². The monoisotopic (exact) mass is 455 g/mol. The summed E-state index contributed by atoms with van der Waals surface area (Å²) in [5, 5.41) is 3.41. The van der Waals surface area contributed by atoms with Crippen LogP contribution >= 0.6 is 0 Å². The molecule has 0 saturated carbocycles. The Morgan fingerprint density at radius 3 is 1.91 bits per heavy atom. The van der Waals surface area contributed by atoms with Crippen LogP contribution in [0.15, 0.2) is 115 Å². The molecule has 0 spiro atoms. The Balaban J connectivity index is 1.46. The number of fused-ring (bicyclic) bond motifs is 3. The Labute approximate surface area is 205 Å². The van der Waals surface area contributed by atoms with Crippen molar-refractivity contribution in [2.24, 2.45) is 0 Å². The quantitative estimate of drug-likeness (QED) is 0.285. The van der Waals surface area contributed by atoms with Crippen LogP contribution in [0.3, 0.4) is 0 Å². The predicted molar refractivity (Wildman–Crippen MR) is 145 cm³/mol. The molecule has 6 rings (SSSR count). The molecule has 0 unspecified atom stereocenters. The molecule has 0 radical (unpaired) electrons. The van der Waals surface area contributed by atoms with E-state index in [9.17, 15) is 0 Å². The Morgan fingerprint density at radius 1 is 0.543 bits per heavy atom. The molecule has 0 aromatic heterocycles. The minimum Gasteiger partial charge on any atom is -0.353 e. The first-order chi connectivity index (χ1) is 17.0. The zero-order chi connectivity index (χ0) is 24.0. The lowest BCUT2D eigenvalue weighted by Gasteiger charge is -2.22. The van der Waals surface area contributed by atoms with E-state index in [1.54, 1.807) is 0 Å². The summed E-state index contributed by atoms with van der Waals surface area (Å²) in [7, 11) is 0. The van der Waals surface area contributed by atoms with Gasteiger partial charge in [0.05, 0.1) is 5.69 Å². The van der Waals surface area contributed by atoms with E-state index in [2.05, 4.69) is 67.7 Å². The number of benzene rings is 5. The molecule has 0 aliphatic heterocycles. The molecule has 1 nitrogen and oxygen atoms in total. The van der Waals surface area contributed by atoms with Crippen LogP contribution in [0.4, 0.5) is 15.8 Å². The number of nitrogens with one attached hydrogen (secondary N) is 1. The van der Waals surface area contributed by atoms with E-state index in [0.29, 0.717) is 11.3 Å². The fraction of sp³-hybridized carbons (Fsp3) is 0.0909. The molecule has 1 aliphatic rings. The van der Waals surface area contributed by atoms with Crippen molar-refractivity contribution >= 4 is 11.4 Å². The van der Waals surface area contributed by atoms with Gasteiger partial charge in [-0.25, -0.2) is 4.39 Å². The van der Waals surface area contributed by atoms with Crippen molar-refractivity contribution in [3.8, 4) is 33.4 Å². The van der Waals surface area contributed by atoms with Gasteiger partial charge in [-0.3, -0.25) is 0 Å². The van der Waals surface area contributed by atoms with E-state index in [-0.39, 0.29) is 11.2 Å². The van der Waals surface area contributed by atoms with Gasteiger partial charge in [-0.15, -0.1) is 0 Å². The lowest BCUT2D eigenvalue weighted by Crippen LogP contribution is -2.15. The van der Waals surface area contributed by atoms with Crippen LogP contribution in [-0.4, -0.2) is 0 Å². The van der Waals surface area contributed by atoms with Crippen LogP contribution in [0.5, 0.6) is 0 Å². The Kier molecular flexibility index (Phi) is 5.04. The van der Waals surface area contributed by atoms with Gasteiger partial charge in [0.15, 0.2) is 5.82 Å². The topological polar surface area (TPSA) is 12.0 Å². The molecule has 1 N–H and O–H groups in total. The minimum absolute atomic E-state index is 0.108. The van der Waals surface area contributed by atoms with Crippen molar-refractivity contribution in [1.82, 2.24) is 0 Å².